The molecule has 0 fully saturated rings. The molecule has 0 saturated carbocycles. The molecule has 1 N–H and O–H groups in total. The van der Waals surface area contributed by atoms with Crippen LogP contribution in [0.15, 0.2) is 78.6 Å². The van der Waals surface area contributed by atoms with E-state index in [0.717, 1.165) is 22.5 Å². The van der Waals surface area contributed by atoms with Crippen LogP contribution in [0.4, 0.5) is 5.69 Å². The lowest BCUT2D eigenvalue weighted by molar-refractivity contribution is 0.317. The summed E-state index contributed by atoms with van der Waals surface area (Å²) in [6.07, 6.45) is 7.01. The molecular weight excluding hydrogens is 462 g/mol. The highest BCUT2D eigenvalue weighted by Crippen LogP contribution is 2.33. The van der Waals surface area contributed by atoms with Gasteiger partial charge in [-0.15, -0.1) is 0 Å². The number of aryl methyl sites for hydroxylation is 1. The average Bonchev–Trinajstić information content (AvgIpc) is 3.51. The van der Waals surface area contributed by atoms with Gasteiger partial charge in [-0.3, -0.25) is 0 Å². The Kier molecular flexibility index (Phi) is 6.11. The van der Waals surface area contributed by atoms with Gasteiger partial charge in [-0.2, -0.15) is 9.57 Å². The van der Waals surface area contributed by atoms with Crippen LogP contribution in [0.25, 0.3) is 0 Å². The number of fused-ring (bicyclic) bond motifs is 1. The minimum atomic E-state index is -3.91. The van der Waals surface area contributed by atoms with Gasteiger partial charge in [0, 0.05) is 44.3 Å². The third kappa shape index (κ3) is 4.69. The van der Waals surface area contributed by atoms with Gasteiger partial charge < -0.3 is 14.5 Å². The predicted molar refractivity (Wildman–Crippen MR) is 131 cm³/mol. The van der Waals surface area contributed by atoms with E-state index in [1.165, 1.54) is 16.8 Å². The second-order valence-corrected chi connectivity index (χ2v) is 10.5. The Bertz CT molecular complexity index is 1460. The number of nitrogens with one attached hydrogen (secondary N) is 1. The minimum Gasteiger partial charge on any atom is -0.364 e. The summed E-state index contributed by atoms with van der Waals surface area (Å²) >= 11 is 0. The van der Waals surface area contributed by atoms with Gasteiger partial charge >= 0.3 is 0 Å². The topological polar surface area (TPSA) is 111 Å². The summed E-state index contributed by atoms with van der Waals surface area (Å²) in [5.41, 5.74) is 4.04. The van der Waals surface area contributed by atoms with Crippen LogP contribution in [-0.2, 0) is 36.6 Å². The lowest BCUT2D eigenvalue weighted by Gasteiger charge is -2.31. The standard InChI is InChI=1S/C25H25N7O2S/c1-30-16-25(29-18-30)35(33,34)32-13-21-9-20(11-26)7-8-24(21)31(14-22-12-27-17-28-22)15-23(32)10-19-5-3-2-4-6-19/h2-9,12,16-18,23H,10,13-15H2,1H3,(H,27,28). The Morgan fingerprint density at radius 3 is 2.69 bits per heavy atom. The van der Waals surface area contributed by atoms with Crippen molar-refractivity contribution in [1.82, 2.24) is 23.8 Å². The number of H-pyrrole nitrogens is 1. The molecule has 0 spiro atoms. The summed E-state index contributed by atoms with van der Waals surface area (Å²) in [6, 6.07) is 17.1. The fourth-order valence-corrected chi connectivity index (χ4v) is 6.09. The highest BCUT2D eigenvalue weighted by atomic mass is 32.2. The van der Waals surface area contributed by atoms with Gasteiger partial charge in [0.2, 0.25) is 0 Å². The average molecular weight is 488 g/mol. The normalized spacial score (nSPS) is 16.5. The Hall–Kier alpha value is -3.94. The molecule has 35 heavy (non-hydrogen) atoms. The van der Waals surface area contributed by atoms with Crippen LogP contribution in [-0.4, -0.2) is 44.8 Å². The fraction of sp³-hybridized carbons (Fsp3) is 0.240. The van der Waals surface area contributed by atoms with Crippen molar-refractivity contribution in [2.75, 3.05) is 11.4 Å². The maximum absolute atomic E-state index is 13.9. The van der Waals surface area contributed by atoms with E-state index in [1.54, 1.807) is 30.1 Å². The number of aromatic nitrogens is 4. The molecule has 0 aliphatic carbocycles. The van der Waals surface area contributed by atoms with Gasteiger partial charge in [0.15, 0.2) is 5.03 Å². The highest BCUT2D eigenvalue weighted by molar-refractivity contribution is 7.89. The summed E-state index contributed by atoms with van der Waals surface area (Å²) in [7, 11) is -2.17. The Balaban J connectivity index is 1.62. The molecule has 9 nitrogen and oxygen atoms in total. The zero-order valence-electron chi connectivity index (χ0n) is 19.2. The largest absolute Gasteiger partial charge is 0.364 e. The molecule has 4 aromatic rings. The van der Waals surface area contributed by atoms with Gasteiger partial charge in [-0.25, -0.2) is 18.4 Å². The molecule has 2 aromatic carbocycles. The van der Waals surface area contributed by atoms with Crippen molar-refractivity contribution in [3.8, 4) is 6.07 Å². The van der Waals surface area contributed by atoms with Crippen LogP contribution in [0.2, 0.25) is 0 Å². The Morgan fingerprint density at radius 1 is 1.17 bits per heavy atom. The van der Waals surface area contributed by atoms with Crippen molar-refractivity contribution in [3.63, 3.8) is 0 Å². The number of nitrogens with zero attached hydrogens (tertiary/aromatic N) is 6. The van der Waals surface area contributed by atoms with Gasteiger partial charge in [-0.1, -0.05) is 30.3 Å². The third-order valence-electron chi connectivity index (χ3n) is 6.19. The van der Waals surface area contributed by atoms with E-state index in [-0.39, 0.29) is 17.6 Å². The minimum absolute atomic E-state index is 0.0109. The zero-order chi connectivity index (χ0) is 24.4. The van der Waals surface area contributed by atoms with Crippen molar-refractivity contribution in [2.45, 2.75) is 30.6 Å². The van der Waals surface area contributed by atoms with Crippen LogP contribution in [0.3, 0.4) is 0 Å². The third-order valence-corrected chi connectivity index (χ3v) is 7.97. The maximum Gasteiger partial charge on any atom is 0.262 e. The first-order valence-corrected chi connectivity index (χ1v) is 12.7. The zero-order valence-corrected chi connectivity index (χ0v) is 20.1. The smallest absolute Gasteiger partial charge is 0.262 e. The maximum atomic E-state index is 13.9. The molecule has 0 saturated heterocycles. The second-order valence-electron chi connectivity index (χ2n) is 8.67. The SMILES string of the molecule is Cn1cnc(S(=O)(=O)N2Cc3cc(C#N)ccc3N(Cc3c[nH]cn3)CC2Cc2ccccc2)c1. The molecule has 0 amide bonds. The summed E-state index contributed by atoms with van der Waals surface area (Å²) in [5.74, 6) is 0. The quantitative estimate of drug-likeness (QED) is 0.448. The van der Waals surface area contributed by atoms with Crippen molar-refractivity contribution in [1.29, 1.82) is 5.26 Å². The van der Waals surface area contributed by atoms with Crippen molar-refractivity contribution < 1.29 is 8.42 Å². The van der Waals surface area contributed by atoms with Crippen molar-refractivity contribution >= 4 is 15.7 Å². The number of sulfonamides is 1. The van der Waals surface area contributed by atoms with E-state index in [4.69, 9.17) is 0 Å². The number of hydrogen-bond donors (Lipinski definition) is 1. The number of hydrogen-bond acceptors (Lipinski definition) is 6. The second kappa shape index (κ2) is 9.37. The first kappa shape index (κ1) is 22.8. The monoisotopic (exact) mass is 487 g/mol. The lowest BCUT2D eigenvalue weighted by Crippen LogP contribution is -2.45. The van der Waals surface area contributed by atoms with Crippen LogP contribution in [0.5, 0.6) is 0 Å². The number of imidazole rings is 2. The first-order valence-electron chi connectivity index (χ1n) is 11.2. The van der Waals surface area contributed by atoms with Crippen LogP contribution >= 0.6 is 0 Å². The van der Waals surface area contributed by atoms with Gasteiger partial charge in [0.05, 0.1) is 36.5 Å². The van der Waals surface area contributed by atoms with E-state index in [1.807, 2.05) is 42.6 Å². The Morgan fingerprint density at radius 2 is 2.00 bits per heavy atom. The number of rotatable bonds is 6. The van der Waals surface area contributed by atoms with E-state index in [0.29, 0.717) is 25.1 Å². The molecule has 3 heterocycles. The number of nitriles is 1. The van der Waals surface area contributed by atoms with Crippen molar-refractivity contribution in [3.05, 3.63) is 96.0 Å². The van der Waals surface area contributed by atoms with Crippen LogP contribution in [0.1, 0.15) is 22.4 Å². The molecule has 1 aliphatic rings. The molecule has 1 unspecified atom stereocenters. The lowest BCUT2D eigenvalue weighted by atomic mass is 10.1. The summed E-state index contributed by atoms with van der Waals surface area (Å²) in [5, 5.41) is 9.52. The molecule has 178 valence electrons. The molecule has 1 aliphatic heterocycles. The van der Waals surface area contributed by atoms with Crippen LogP contribution < -0.4 is 4.90 Å². The predicted octanol–water partition coefficient (Wildman–Crippen LogP) is 2.84. The number of aromatic amines is 1. The van der Waals surface area contributed by atoms with E-state index in [9.17, 15) is 13.7 Å². The molecule has 10 heteroatoms. The summed E-state index contributed by atoms with van der Waals surface area (Å²) < 4.78 is 30.9. The summed E-state index contributed by atoms with van der Waals surface area (Å²) in [6.45, 7) is 1.09. The molecule has 2 aromatic heterocycles. The fourth-order valence-electron chi connectivity index (χ4n) is 4.53. The van der Waals surface area contributed by atoms with E-state index < -0.39 is 10.0 Å². The van der Waals surface area contributed by atoms with Gasteiger partial charge in [0.1, 0.15) is 0 Å². The number of anilines is 1. The molecule has 1 atom stereocenters. The van der Waals surface area contributed by atoms with Gasteiger partial charge in [0.25, 0.3) is 10.0 Å². The highest BCUT2D eigenvalue weighted by Gasteiger charge is 2.37. The first-order chi connectivity index (χ1) is 16.9. The molecule has 0 radical (unpaired) electrons. The molecule has 0 bridgehead atoms. The van der Waals surface area contributed by atoms with E-state index >= 15 is 0 Å². The van der Waals surface area contributed by atoms with Gasteiger partial charge in [-0.05, 0) is 35.7 Å². The molecule has 5 rings (SSSR count). The molecular formula is C25H25N7O2S. The van der Waals surface area contributed by atoms with E-state index in [2.05, 4.69) is 25.9 Å². The number of benzene rings is 2. The van der Waals surface area contributed by atoms with Crippen molar-refractivity contribution in [2.24, 2.45) is 7.05 Å². The Labute approximate surface area is 204 Å². The summed E-state index contributed by atoms with van der Waals surface area (Å²) in [4.78, 5) is 13.7. The van der Waals surface area contributed by atoms with Crippen LogP contribution in [0, 0.1) is 11.3 Å².